The maximum absolute atomic E-state index is 12.0. The number of aromatic carboxylic acids is 1. The van der Waals surface area contributed by atoms with Crippen molar-refractivity contribution in [2.24, 2.45) is 5.92 Å². The molecule has 0 unspecified atom stereocenters. The van der Waals surface area contributed by atoms with E-state index in [1.165, 1.54) is 6.07 Å². The summed E-state index contributed by atoms with van der Waals surface area (Å²) in [6, 6.07) is 1.41. The Morgan fingerprint density at radius 1 is 1.29 bits per heavy atom. The molecule has 1 aromatic rings. The van der Waals surface area contributed by atoms with Crippen LogP contribution in [0.2, 0.25) is 5.02 Å². The Balaban J connectivity index is 3.62. The van der Waals surface area contributed by atoms with Crippen molar-refractivity contribution in [3.8, 4) is 0 Å². The fourth-order valence-corrected chi connectivity index (χ4v) is 2.73. The van der Waals surface area contributed by atoms with Gasteiger partial charge in [0.15, 0.2) is 0 Å². The van der Waals surface area contributed by atoms with Crippen LogP contribution in [0.4, 0.5) is 0 Å². The lowest BCUT2D eigenvalue weighted by Gasteiger charge is -2.18. The van der Waals surface area contributed by atoms with Crippen molar-refractivity contribution < 1.29 is 19.4 Å². The van der Waals surface area contributed by atoms with Gasteiger partial charge >= 0.3 is 11.9 Å². The van der Waals surface area contributed by atoms with E-state index < -0.39 is 11.9 Å². The van der Waals surface area contributed by atoms with Gasteiger partial charge in [-0.3, -0.25) is 0 Å². The molecule has 0 atom stereocenters. The van der Waals surface area contributed by atoms with Gasteiger partial charge in [0.2, 0.25) is 0 Å². The highest BCUT2D eigenvalue weighted by Crippen LogP contribution is 2.30. The molecular formula is C16H21ClO4. The molecule has 116 valence electrons. The second-order valence-electron chi connectivity index (χ2n) is 5.22. The monoisotopic (exact) mass is 312 g/mol. The minimum absolute atomic E-state index is 0.0170. The first kappa shape index (κ1) is 17.5. The third-order valence-corrected chi connectivity index (χ3v) is 3.51. The van der Waals surface area contributed by atoms with Gasteiger partial charge in [-0.05, 0) is 42.9 Å². The van der Waals surface area contributed by atoms with Gasteiger partial charge in [0.05, 0.1) is 17.7 Å². The second-order valence-corrected chi connectivity index (χ2v) is 5.62. The average Bonchev–Trinajstić information content (AvgIpc) is 2.37. The van der Waals surface area contributed by atoms with Crippen molar-refractivity contribution in [1.29, 1.82) is 0 Å². The number of hydrogen-bond donors (Lipinski definition) is 1. The van der Waals surface area contributed by atoms with Crippen molar-refractivity contribution in [2.45, 2.75) is 40.5 Å². The quantitative estimate of drug-likeness (QED) is 0.807. The van der Waals surface area contributed by atoms with Gasteiger partial charge in [-0.25, -0.2) is 9.59 Å². The lowest BCUT2D eigenvalue weighted by atomic mass is 9.89. The Bertz CT molecular complexity index is 550. The number of halogens is 1. The summed E-state index contributed by atoms with van der Waals surface area (Å²) < 4.78 is 4.95. The van der Waals surface area contributed by atoms with Gasteiger partial charge in [-0.15, -0.1) is 0 Å². The molecule has 0 heterocycles. The standard InChI is InChI=1S/C16H21ClO4/c1-5-10-11(7-9(3)4)14(15(18)19)12(8-13(10)17)16(20)21-6-2/h8-9H,5-7H2,1-4H3,(H,18,19). The third kappa shape index (κ3) is 3.97. The maximum Gasteiger partial charge on any atom is 0.339 e. The first-order valence-corrected chi connectivity index (χ1v) is 7.45. The Morgan fingerprint density at radius 3 is 2.33 bits per heavy atom. The number of carboxylic acid groups (broad SMARTS) is 1. The number of benzene rings is 1. The van der Waals surface area contributed by atoms with Crippen LogP contribution in [0.1, 0.15) is 59.5 Å². The predicted molar refractivity (Wildman–Crippen MR) is 82.3 cm³/mol. The number of ether oxygens (including phenoxy) is 1. The van der Waals surface area contributed by atoms with Crippen LogP contribution in [-0.4, -0.2) is 23.7 Å². The van der Waals surface area contributed by atoms with E-state index in [9.17, 15) is 14.7 Å². The van der Waals surface area contributed by atoms with Gasteiger partial charge in [0.1, 0.15) is 0 Å². The average molecular weight is 313 g/mol. The van der Waals surface area contributed by atoms with E-state index in [-0.39, 0.29) is 23.7 Å². The van der Waals surface area contributed by atoms with Crippen LogP contribution in [0.5, 0.6) is 0 Å². The van der Waals surface area contributed by atoms with Gasteiger partial charge in [-0.2, -0.15) is 0 Å². The van der Waals surface area contributed by atoms with Crippen molar-refractivity contribution in [1.82, 2.24) is 0 Å². The fraction of sp³-hybridized carbons (Fsp3) is 0.500. The number of carbonyl (C=O) groups is 2. The molecule has 21 heavy (non-hydrogen) atoms. The van der Waals surface area contributed by atoms with Crippen LogP contribution < -0.4 is 0 Å². The zero-order valence-electron chi connectivity index (χ0n) is 12.8. The number of carboxylic acids is 1. The zero-order valence-corrected chi connectivity index (χ0v) is 13.6. The molecule has 1 aromatic carbocycles. The summed E-state index contributed by atoms with van der Waals surface area (Å²) in [5.41, 5.74) is 1.47. The largest absolute Gasteiger partial charge is 0.478 e. The van der Waals surface area contributed by atoms with Crippen molar-refractivity contribution in [2.75, 3.05) is 6.61 Å². The van der Waals surface area contributed by atoms with Crippen LogP contribution in [0.3, 0.4) is 0 Å². The molecule has 1 N–H and O–H groups in total. The molecule has 0 fully saturated rings. The summed E-state index contributed by atoms with van der Waals surface area (Å²) in [4.78, 5) is 23.7. The molecule has 0 radical (unpaired) electrons. The highest BCUT2D eigenvalue weighted by Gasteiger charge is 2.26. The van der Waals surface area contributed by atoms with E-state index in [0.717, 1.165) is 5.56 Å². The molecule has 0 aliphatic carbocycles. The molecule has 0 saturated carbocycles. The third-order valence-electron chi connectivity index (χ3n) is 3.17. The molecule has 0 amide bonds. The molecule has 0 bridgehead atoms. The van der Waals surface area contributed by atoms with Gasteiger partial charge in [0, 0.05) is 5.02 Å². The Hall–Kier alpha value is -1.55. The lowest BCUT2D eigenvalue weighted by molar-refractivity contribution is 0.0514. The highest BCUT2D eigenvalue weighted by molar-refractivity contribution is 6.32. The topological polar surface area (TPSA) is 63.6 Å². The van der Waals surface area contributed by atoms with Crippen LogP contribution in [0.15, 0.2) is 6.07 Å². The van der Waals surface area contributed by atoms with Crippen LogP contribution in [0.25, 0.3) is 0 Å². The number of rotatable bonds is 6. The Kier molecular flexibility index (Phi) is 6.21. The van der Waals surface area contributed by atoms with Crippen molar-refractivity contribution in [3.05, 3.63) is 33.3 Å². The molecule has 0 saturated heterocycles. The predicted octanol–water partition coefficient (Wildman–Crippen LogP) is 3.98. The minimum atomic E-state index is -1.12. The van der Waals surface area contributed by atoms with E-state index in [2.05, 4.69) is 0 Å². The Morgan fingerprint density at radius 2 is 1.90 bits per heavy atom. The van der Waals surface area contributed by atoms with Crippen LogP contribution in [-0.2, 0) is 17.6 Å². The van der Waals surface area contributed by atoms with Gasteiger partial charge in [-0.1, -0.05) is 32.4 Å². The van der Waals surface area contributed by atoms with E-state index in [1.807, 2.05) is 20.8 Å². The summed E-state index contributed by atoms with van der Waals surface area (Å²) in [5, 5.41) is 9.95. The first-order valence-electron chi connectivity index (χ1n) is 7.08. The number of hydrogen-bond acceptors (Lipinski definition) is 3. The van der Waals surface area contributed by atoms with Crippen LogP contribution in [0, 0.1) is 5.92 Å². The second kappa shape index (κ2) is 7.46. The van der Waals surface area contributed by atoms with E-state index >= 15 is 0 Å². The number of carbonyl (C=O) groups excluding carboxylic acids is 1. The lowest BCUT2D eigenvalue weighted by Crippen LogP contribution is -2.17. The molecule has 0 aromatic heterocycles. The SMILES string of the molecule is CCOC(=O)c1cc(Cl)c(CC)c(CC(C)C)c1C(=O)O. The molecule has 1 rings (SSSR count). The van der Waals surface area contributed by atoms with Gasteiger partial charge in [0.25, 0.3) is 0 Å². The molecule has 0 aliphatic rings. The molecule has 5 heteroatoms. The summed E-state index contributed by atoms with van der Waals surface area (Å²) in [7, 11) is 0. The molecular weight excluding hydrogens is 292 g/mol. The van der Waals surface area contributed by atoms with Gasteiger partial charge < -0.3 is 9.84 Å². The summed E-state index contributed by atoms with van der Waals surface area (Å²) in [6.45, 7) is 7.77. The van der Waals surface area contributed by atoms with Crippen LogP contribution >= 0.6 is 11.6 Å². The van der Waals surface area contributed by atoms with Crippen molar-refractivity contribution >= 4 is 23.5 Å². The van der Waals surface area contributed by atoms with E-state index in [0.29, 0.717) is 23.4 Å². The smallest absolute Gasteiger partial charge is 0.339 e. The normalized spacial score (nSPS) is 10.8. The Labute approximate surface area is 130 Å². The first-order chi connectivity index (χ1) is 9.83. The minimum Gasteiger partial charge on any atom is -0.478 e. The molecule has 4 nitrogen and oxygen atoms in total. The van der Waals surface area contributed by atoms with Crippen molar-refractivity contribution in [3.63, 3.8) is 0 Å². The summed E-state index contributed by atoms with van der Waals surface area (Å²) in [6.07, 6.45) is 1.17. The number of esters is 1. The fourth-order valence-electron chi connectivity index (χ4n) is 2.37. The maximum atomic E-state index is 12.0. The van der Waals surface area contributed by atoms with E-state index in [4.69, 9.17) is 16.3 Å². The summed E-state index contributed by atoms with van der Waals surface area (Å²) >= 11 is 6.24. The highest BCUT2D eigenvalue weighted by atomic mass is 35.5. The molecule has 0 aliphatic heterocycles. The van der Waals surface area contributed by atoms with E-state index in [1.54, 1.807) is 6.92 Å². The molecule has 0 spiro atoms. The zero-order chi connectivity index (χ0) is 16.2. The summed E-state index contributed by atoms with van der Waals surface area (Å²) in [5.74, 6) is -1.52.